The van der Waals surface area contributed by atoms with Crippen LogP contribution in [-0.4, -0.2) is 27.5 Å². The van der Waals surface area contributed by atoms with Gasteiger partial charge >= 0.3 is 5.69 Å². The lowest BCUT2D eigenvalue weighted by molar-refractivity contribution is -0.385. The van der Waals surface area contributed by atoms with E-state index in [2.05, 4.69) is 27.5 Å². The molecule has 2 atom stereocenters. The summed E-state index contributed by atoms with van der Waals surface area (Å²) in [5.41, 5.74) is 0.345. The number of hydrogen-bond donors (Lipinski definition) is 2. The molecule has 2 rings (SSSR count). The van der Waals surface area contributed by atoms with E-state index >= 15 is 0 Å². The summed E-state index contributed by atoms with van der Waals surface area (Å²) in [5.74, 6) is 1.29. The molecule has 0 saturated heterocycles. The van der Waals surface area contributed by atoms with E-state index in [4.69, 9.17) is 0 Å². The zero-order chi connectivity index (χ0) is 13.3. The third kappa shape index (κ3) is 2.49. The first-order valence-electron chi connectivity index (χ1n) is 6.06. The van der Waals surface area contributed by atoms with Crippen molar-refractivity contribution in [2.75, 3.05) is 17.2 Å². The van der Waals surface area contributed by atoms with Gasteiger partial charge in [-0.25, -0.2) is 4.98 Å². The molecule has 1 aromatic rings. The number of rotatable bonds is 5. The molecule has 0 aromatic carbocycles. The van der Waals surface area contributed by atoms with Gasteiger partial charge in [-0.1, -0.05) is 6.92 Å². The molecular formula is C11H17N5O2. The van der Waals surface area contributed by atoms with Crippen molar-refractivity contribution < 1.29 is 4.92 Å². The van der Waals surface area contributed by atoms with Crippen molar-refractivity contribution in [3.63, 3.8) is 0 Å². The van der Waals surface area contributed by atoms with Crippen LogP contribution in [0.5, 0.6) is 0 Å². The second-order valence-corrected chi connectivity index (χ2v) is 4.58. The Balaban J connectivity index is 2.34. The van der Waals surface area contributed by atoms with Gasteiger partial charge in [0.05, 0.1) is 4.92 Å². The minimum Gasteiger partial charge on any atom is -0.361 e. The van der Waals surface area contributed by atoms with Gasteiger partial charge in [-0.15, -0.1) is 0 Å². The second kappa shape index (κ2) is 4.75. The Kier molecular flexibility index (Phi) is 3.31. The monoisotopic (exact) mass is 251 g/mol. The zero-order valence-corrected chi connectivity index (χ0v) is 10.7. The predicted molar refractivity (Wildman–Crippen MR) is 68.8 cm³/mol. The minimum absolute atomic E-state index is 0.0317. The summed E-state index contributed by atoms with van der Waals surface area (Å²) in [6, 6.07) is 0.285. The Bertz CT molecular complexity index is 477. The molecule has 0 bridgehead atoms. The molecule has 7 nitrogen and oxygen atoms in total. The highest BCUT2D eigenvalue weighted by atomic mass is 16.6. The molecule has 0 spiro atoms. The first-order chi connectivity index (χ1) is 8.52. The van der Waals surface area contributed by atoms with Crippen molar-refractivity contribution in [2.24, 2.45) is 5.92 Å². The Morgan fingerprint density at radius 3 is 2.67 bits per heavy atom. The normalized spacial score (nSPS) is 21.5. The van der Waals surface area contributed by atoms with Gasteiger partial charge in [0.1, 0.15) is 5.69 Å². The second-order valence-electron chi connectivity index (χ2n) is 4.58. The molecule has 2 N–H and O–H groups in total. The molecular weight excluding hydrogens is 234 g/mol. The molecule has 1 aliphatic carbocycles. The summed E-state index contributed by atoms with van der Waals surface area (Å²) >= 11 is 0. The van der Waals surface area contributed by atoms with Gasteiger partial charge in [-0.3, -0.25) is 10.1 Å². The van der Waals surface area contributed by atoms with Crippen LogP contribution < -0.4 is 10.6 Å². The largest absolute Gasteiger partial charge is 0.361 e. The summed E-state index contributed by atoms with van der Waals surface area (Å²) in [6.07, 6.45) is 1.02. The highest BCUT2D eigenvalue weighted by molar-refractivity contribution is 5.61. The minimum atomic E-state index is -0.430. The van der Waals surface area contributed by atoms with Gasteiger partial charge in [0, 0.05) is 12.6 Å². The topological polar surface area (TPSA) is 93.0 Å². The summed E-state index contributed by atoms with van der Waals surface area (Å²) < 4.78 is 0. The van der Waals surface area contributed by atoms with E-state index < -0.39 is 4.92 Å². The van der Waals surface area contributed by atoms with Crippen LogP contribution in [0, 0.1) is 23.0 Å². The predicted octanol–water partition coefficient (Wildman–Crippen LogP) is 1.95. The number of anilines is 2. The van der Waals surface area contributed by atoms with Crippen molar-refractivity contribution in [2.45, 2.75) is 33.2 Å². The first-order valence-corrected chi connectivity index (χ1v) is 6.06. The molecule has 0 amide bonds. The van der Waals surface area contributed by atoms with E-state index in [1.807, 2.05) is 6.92 Å². The molecule has 98 valence electrons. The molecule has 18 heavy (non-hydrogen) atoms. The Labute approximate surface area is 105 Å². The van der Waals surface area contributed by atoms with E-state index in [0.29, 0.717) is 29.9 Å². The van der Waals surface area contributed by atoms with E-state index in [1.54, 1.807) is 6.92 Å². The number of nitrogens with zero attached hydrogens (tertiary/aromatic N) is 3. The molecule has 7 heteroatoms. The summed E-state index contributed by atoms with van der Waals surface area (Å²) in [7, 11) is 0. The maximum atomic E-state index is 11.1. The van der Waals surface area contributed by atoms with Gasteiger partial charge in [0.15, 0.2) is 0 Å². The SMILES string of the molecule is CCNc1nc(C)c([N+](=O)[O-])c(NC2CC2C)n1. The van der Waals surface area contributed by atoms with Crippen molar-refractivity contribution in [3.8, 4) is 0 Å². The Morgan fingerprint density at radius 2 is 2.17 bits per heavy atom. The van der Waals surface area contributed by atoms with Crippen molar-refractivity contribution in [1.29, 1.82) is 0 Å². The average Bonchev–Trinajstić information content (AvgIpc) is 2.93. The number of aryl methyl sites for hydroxylation is 1. The van der Waals surface area contributed by atoms with Crippen LogP contribution in [0.2, 0.25) is 0 Å². The molecule has 1 saturated carbocycles. The van der Waals surface area contributed by atoms with E-state index in [-0.39, 0.29) is 11.7 Å². The Morgan fingerprint density at radius 1 is 1.50 bits per heavy atom. The number of hydrogen-bond acceptors (Lipinski definition) is 6. The van der Waals surface area contributed by atoms with Crippen LogP contribution in [0.15, 0.2) is 0 Å². The van der Waals surface area contributed by atoms with Crippen LogP contribution in [0.4, 0.5) is 17.5 Å². The lowest BCUT2D eigenvalue weighted by Crippen LogP contribution is -2.12. The lowest BCUT2D eigenvalue weighted by atomic mass is 10.3. The average molecular weight is 251 g/mol. The highest BCUT2D eigenvalue weighted by Crippen LogP contribution is 2.35. The van der Waals surface area contributed by atoms with Gasteiger partial charge < -0.3 is 10.6 Å². The molecule has 1 aromatic heterocycles. The number of nitro groups is 1. The fourth-order valence-electron chi connectivity index (χ4n) is 1.82. The van der Waals surface area contributed by atoms with Crippen LogP contribution >= 0.6 is 0 Å². The van der Waals surface area contributed by atoms with E-state index in [9.17, 15) is 10.1 Å². The molecule has 1 heterocycles. The van der Waals surface area contributed by atoms with Gasteiger partial charge in [0.2, 0.25) is 11.8 Å². The zero-order valence-electron chi connectivity index (χ0n) is 10.7. The van der Waals surface area contributed by atoms with Crippen molar-refractivity contribution in [1.82, 2.24) is 9.97 Å². The Hall–Kier alpha value is -1.92. The third-order valence-corrected chi connectivity index (χ3v) is 3.01. The molecule has 1 aliphatic rings. The summed E-state index contributed by atoms with van der Waals surface area (Å²) in [6.45, 7) is 6.33. The van der Waals surface area contributed by atoms with Crippen molar-refractivity contribution in [3.05, 3.63) is 15.8 Å². The molecule has 0 aliphatic heterocycles. The quantitative estimate of drug-likeness (QED) is 0.613. The highest BCUT2D eigenvalue weighted by Gasteiger charge is 2.35. The fourth-order valence-corrected chi connectivity index (χ4v) is 1.82. The fraction of sp³-hybridized carbons (Fsp3) is 0.636. The lowest BCUT2D eigenvalue weighted by Gasteiger charge is -2.09. The molecule has 0 radical (unpaired) electrons. The first kappa shape index (κ1) is 12.5. The van der Waals surface area contributed by atoms with Crippen LogP contribution in [-0.2, 0) is 0 Å². The standard InChI is InChI=1S/C11H17N5O2/c1-4-12-11-13-7(3)9(16(17)18)10(15-11)14-8-5-6(8)2/h6,8H,4-5H2,1-3H3,(H2,12,13,14,15). The van der Waals surface area contributed by atoms with E-state index in [1.165, 1.54) is 0 Å². The molecule has 1 fully saturated rings. The summed E-state index contributed by atoms with van der Waals surface area (Å²) in [5, 5.41) is 17.2. The van der Waals surface area contributed by atoms with Crippen LogP contribution in [0.1, 0.15) is 26.0 Å². The van der Waals surface area contributed by atoms with Gasteiger partial charge in [-0.2, -0.15) is 4.98 Å². The number of nitrogens with one attached hydrogen (secondary N) is 2. The van der Waals surface area contributed by atoms with Gasteiger partial charge in [-0.05, 0) is 26.2 Å². The number of aromatic nitrogens is 2. The maximum absolute atomic E-state index is 11.1. The van der Waals surface area contributed by atoms with Crippen molar-refractivity contribution >= 4 is 17.5 Å². The van der Waals surface area contributed by atoms with Crippen LogP contribution in [0.25, 0.3) is 0 Å². The smallest absolute Gasteiger partial charge is 0.332 e. The maximum Gasteiger partial charge on any atom is 0.332 e. The van der Waals surface area contributed by atoms with Gasteiger partial charge in [0.25, 0.3) is 0 Å². The summed E-state index contributed by atoms with van der Waals surface area (Å²) in [4.78, 5) is 18.9. The molecule has 2 unspecified atom stereocenters. The van der Waals surface area contributed by atoms with Crippen LogP contribution in [0.3, 0.4) is 0 Å². The van der Waals surface area contributed by atoms with E-state index in [0.717, 1.165) is 6.42 Å². The third-order valence-electron chi connectivity index (χ3n) is 3.01.